The number of carbonyl (C=O) groups is 1. The first-order valence-electron chi connectivity index (χ1n) is 11.2. The Kier molecular flexibility index (Phi) is 4.57. The third-order valence-corrected chi connectivity index (χ3v) is 9.76. The van der Waals surface area contributed by atoms with Crippen LogP contribution in [0.3, 0.4) is 0 Å². The van der Waals surface area contributed by atoms with Gasteiger partial charge in [0.2, 0.25) is 0 Å². The highest BCUT2D eigenvalue weighted by Gasteiger charge is 2.60. The average molecular weight is 400 g/mol. The fourth-order valence-corrected chi connectivity index (χ4v) is 8.01. The molecule has 3 nitrogen and oxygen atoms in total. The second-order valence-electron chi connectivity index (χ2n) is 10.5. The smallest absolute Gasteiger partial charge is 0.136 e. The molecule has 7 atom stereocenters. The standard InChI is InChI=1S/C24H33NO2S/c1-23-10-7-16(26)13-15(23)3-4-17-18-5-6-22(24(18,2)11-8-19(17)23)27-20-9-12-25-14-21(20)28/h9,12,14-15,17-19,22,28H,3-8,10-11,13H2,1-2H3/t15?,17-,18-,19+,22?,23-,24-/m0/s1. The van der Waals surface area contributed by atoms with Crippen molar-refractivity contribution in [2.24, 2.45) is 34.5 Å². The van der Waals surface area contributed by atoms with Crippen molar-refractivity contribution in [2.75, 3.05) is 0 Å². The number of thiol groups is 1. The van der Waals surface area contributed by atoms with Crippen molar-refractivity contribution in [3.05, 3.63) is 18.5 Å². The van der Waals surface area contributed by atoms with Gasteiger partial charge in [-0.2, -0.15) is 0 Å². The molecule has 0 aliphatic heterocycles. The normalized spacial score (nSPS) is 45.1. The van der Waals surface area contributed by atoms with Crippen LogP contribution in [0.4, 0.5) is 0 Å². The van der Waals surface area contributed by atoms with Crippen molar-refractivity contribution in [2.45, 2.75) is 82.6 Å². The second-order valence-corrected chi connectivity index (χ2v) is 11.0. The van der Waals surface area contributed by atoms with Crippen LogP contribution in [0, 0.1) is 34.5 Å². The minimum absolute atomic E-state index is 0.262. The number of hydrogen-bond acceptors (Lipinski definition) is 4. The van der Waals surface area contributed by atoms with Gasteiger partial charge in [-0.25, -0.2) is 0 Å². The molecule has 4 aliphatic carbocycles. The van der Waals surface area contributed by atoms with Crippen molar-refractivity contribution in [3.63, 3.8) is 0 Å². The third kappa shape index (κ3) is 2.77. The predicted octanol–water partition coefficient (Wildman–Crippen LogP) is 5.73. The van der Waals surface area contributed by atoms with Gasteiger partial charge in [-0.15, -0.1) is 12.6 Å². The van der Waals surface area contributed by atoms with E-state index in [1.807, 2.05) is 6.07 Å². The number of Topliss-reactive ketones (excluding diaryl/α,β-unsaturated/α-hetero) is 1. The van der Waals surface area contributed by atoms with Crippen molar-refractivity contribution in [1.82, 2.24) is 4.98 Å². The Morgan fingerprint density at radius 3 is 2.71 bits per heavy atom. The van der Waals surface area contributed by atoms with Gasteiger partial charge in [0.1, 0.15) is 17.6 Å². The van der Waals surface area contributed by atoms with Crippen LogP contribution >= 0.6 is 12.6 Å². The molecule has 4 saturated carbocycles. The van der Waals surface area contributed by atoms with Crippen molar-refractivity contribution >= 4 is 18.4 Å². The molecule has 0 bridgehead atoms. The number of pyridine rings is 1. The lowest BCUT2D eigenvalue weighted by Gasteiger charge is -2.60. The monoisotopic (exact) mass is 399 g/mol. The lowest BCUT2D eigenvalue weighted by atomic mass is 9.45. The van der Waals surface area contributed by atoms with Gasteiger partial charge in [-0.05, 0) is 80.1 Å². The number of nitrogens with zero attached hydrogens (tertiary/aromatic N) is 1. The summed E-state index contributed by atoms with van der Waals surface area (Å²) in [6.07, 6.45) is 14.2. The number of rotatable bonds is 2. The van der Waals surface area contributed by atoms with Gasteiger partial charge in [-0.3, -0.25) is 9.78 Å². The summed E-state index contributed by atoms with van der Waals surface area (Å²) < 4.78 is 6.54. The Morgan fingerprint density at radius 2 is 1.89 bits per heavy atom. The van der Waals surface area contributed by atoms with E-state index < -0.39 is 0 Å². The van der Waals surface area contributed by atoms with Gasteiger partial charge in [-0.1, -0.05) is 13.8 Å². The molecule has 1 heterocycles. The third-order valence-electron chi connectivity index (χ3n) is 9.43. The zero-order chi connectivity index (χ0) is 19.5. The number of hydrogen-bond donors (Lipinski definition) is 1. The number of carbonyl (C=O) groups excluding carboxylic acids is 1. The van der Waals surface area contributed by atoms with Gasteiger partial charge >= 0.3 is 0 Å². The number of ketones is 1. The molecule has 0 saturated heterocycles. The van der Waals surface area contributed by atoms with Gasteiger partial charge < -0.3 is 4.74 Å². The molecular formula is C24H33NO2S. The maximum absolute atomic E-state index is 12.1. The SMILES string of the molecule is C[C@]12CCC(=O)CC1CC[C@@H]1[C@H]2CC[C@]2(C)C(Oc3ccncc3S)CC[C@@H]12. The molecule has 152 valence electrons. The fourth-order valence-electron chi connectivity index (χ4n) is 7.82. The first-order valence-corrected chi connectivity index (χ1v) is 11.7. The highest BCUT2D eigenvalue weighted by Crippen LogP contribution is 2.66. The van der Waals surface area contributed by atoms with Crippen LogP contribution in [-0.2, 0) is 4.79 Å². The van der Waals surface area contributed by atoms with E-state index in [9.17, 15) is 4.79 Å². The molecule has 28 heavy (non-hydrogen) atoms. The Labute approximate surface area is 174 Å². The molecule has 4 heteroatoms. The van der Waals surface area contributed by atoms with Crippen LogP contribution in [0.1, 0.15) is 71.6 Å². The van der Waals surface area contributed by atoms with Gasteiger partial charge in [0.25, 0.3) is 0 Å². The summed E-state index contributed by atoms with van der Waals surface area (Å²) in [5.41, 5.74) is 0.652. The first kappa shape index (κ1) is 19.0. The van der Waals surface area contributed by atoms with E-state index in [2.05, 4.69) is 31.5 Å². The molecule has 4 fully saturated rings. The predicted molar refractivity (Wildman–Crippen MR) is 113 cm³/mol. The lowest BCUT2D eigenvalue weighted by molar-refractivity contribution is -0.141. The Bertz CT molecular complexity index is 782. The highest BCUT2D eigenvalue weighted by atomic mass is 32.1. The minimum atomic E-state index is 0.262. The lowest BCUT2D eigenvalue weighted by Crippen LogP contribution is -2.54. The van der Waals surface area contributed by atoms with E-state index >= 15 is 0 Å². The molecule has 0 aromatic carbocycles. The van der Waals surface area contributed by atoms with Gasteiger partial charge in [0.05, 0.1) is 4.90 Å². The minimum Gasteiger partial charge on any atom is -0.489 e. The van der Waals surface area contributed by atoms with Crippen LogP contribution in [0.5, 0.6) is 5.75 Å². The van der Waals surface area contributed by atoms with E-state index in [0.717, 1.165) is 54.1 Å². The zero-order valence-corrected chi connectivity index (χ0v) is 18.1. The molecule has 4 aliphatic rings. The van der Waals surface area contributed by atoms with Crippen LogP contribution < -0.4 is 4.74 Å². The highest BCUT2D eigenvalue weighted by molar-refractivity contribution is 7.80. The van der Waals surface area contributed by atoms with Gasteiger partial charge in [0, 0.05) is 30.7 Å². The molecular weight excluding hydrogens is 366 g/mol. The molecule has 1 aromatic heterocycles. The average Bonchev–Trinajstić information content (AvgIpc) is 3.01. The van der Waals surface area contributed by atoms with Crippen molar-refractivity contribution < 1.29 is 9.53 Å². The fraction of sp³-hybridized carbons (Fsp3) is 0.750. The molecule has 5 rings (SSSR count). The van der Waals surface area contributed by atoms with Crippen LogP contribution in [0.2, 0.25) is 0 Å². The van der Waals surface area contributed by atoms with Crippen molar-refractivity contribution in [1.29, 1.82) is 0 Å². The van der Waals surface area contributed by atoms with E-state index in [-0.39, 0.29) is 11.5 Å². The molecule has 0 N–H and O–H groups in total. The summed E-state index contributed by atoms with van der Waals surface area (Å²) in [5.74, 6) is 4.41. The Balaban J connectivity index is 1.38. The van der Waals surface area contributed by atoms with E-state index in [4.69, 9.17) is 4.74 Å². The van der Waals surface area contributed by atoms with E-state index in [0.29, 0.717) is 17.1 Å². The zero-order valence-electron chi connectivity index (χ0n) is 17.2. The second kappa shape index (κ2) is 6.75. The molecule has 1 aromatic rings. The van der Waals surface area contributed by atoms with E-state index in [1.165, 1.54) is 32.1 Å². The number of ether oxygens (including phenoxy) is 1. The first-order chi connectivity index (χ1) is 13.4. The molecule has 2 unspecified atom stereocenters. The number of aromatic nitrogens is 1. The van der Waals surface area contributed by atoms with Crippen LogP contribution in [0.25, 0.3) is 0 Å². The summed E-state index contributed by atoms with van der Waals surface area (Å²) in [4.78, 5) is 17.1. The molecule has 0 amide bonds. The Hall–Kier alpha value is -1.03. The topological polar surface area (TPSA) is 39.2 Å². The van der Waals surface area contributed by atoms with Crippen molar-refractivity contribution in [3.8, 4) is 5.75 Å². The van der Waals surface area contributed by atoms with Gasteiger partial charge in [0.15, 0.2) is 0 Å². The maximum Gasteiger partial charge on any atom is 0.136 e. The summed E-state index contributed by atoms with van der Waals surface area (Å²) in [6.45, 7) is 5.01. The molecule has 0 radical (unpaired) electrons. The van der Waals surface area contributed by atoms with Crippen LogP contribution in [0.15, 0.2) is 23.4 Å². The molecule has 0 spiro atoms. The quantitative estimate of drug-likeness (QED) is 0.646. The summed E-state index contributed by atoms with van der Waals surface area (Å²) in [6, 6.07) is 1.95. The van der Waals surface area contributed by atoms with E-state index in [1.54, 1.807) is 12.4 Å². The summed E-state index contributed by atoms with van der Waals surface area (Å²) >= 11 is 4.55. The summed E-state index contributed by atoms with van der Waals surface area (Å²) in [7, 11) is 0. The van der Waals surface area contributed by atoms with Crippen LogP contribution in [-0.4, -0.2) is 16.9 Å². The summed E-state index contributed by atoms with van der Waals surface area (Å²) in [5, 5.41) is 0. The number of fused-ring (bicyclic) bond motifs is 5. The largest absolute Gasteiger partial charge is 0.489 e. The maximum atomic E-state index is 12.1. The Morgan fingerprint density at radius 1 is 1.07 bits per heavy atom.